The summed E-state index contributed by atoms with van der Waals surface area (Å²) < 4.78 is 27.5. The maximum Gasteiger partial charge on any atom is 0.243 e. The number of fused-ring (bicyclic) bond motifs is 1. The second-order valence-electron chi connectivity index (χ2n) is 6.51. The van der Waals surface area contributed by atoms with E-state index in [0.29, 0.717) is 11.6 Å². The second-order valence-corrected chi connectivity index (χ2v) is 11.0. The summed E-state index contributed by atoms with van der Waals surface area (Å²) in [6, 6.07) is 4.67. The molecule has 1 N–H and O–H groups in total. The van der Waals surface area contributed by atoms with E-state index in [-0.39, 0.29) is 23.4 Å². The minimum Gasteiger partial charge on any atom is -0.309 e. The Bertz CT molecular complexity index is 1040. The third-order valence-corrected chi connectivity index (χ3v) is 7.60. The van der Waals surface area contributed by atoms with Gasteiger partial charge in [0.2, 0.25) is 21.8 Å². The molecule has 0 saturated carbocycles. The Hall–Kier alpha value is -1.82. The van der Waals surface area contributed by atoms with E-state index in [2.05, 4.69) is 26.2 Å². The molecule has 8 nitrogen and oxygen atoms in total. The van der Waals surface area contributed by atoms with E-state index in [1.54, 1.807) is 23.2 Å². The van der Waals surface area contributed by atoms with Crippen LogP contribution in [0.4, 0.5) is 10.8 Å². The summed E-state index contributed by atoms with van der Waals surface area (Å²) in [7, 11) is -2.50. The van der Waals surface area contributed by atoms with Gasteiger partial charge in [-0.15, -0.1) is 0 Å². The Kier molecular flexibility index (Phi) is 5.89. The van der Waals surface area contributed by atoms with Crippen molar-refractivity contribution in [2.75, 3.05) is 23.8 Å². The number of amides is 2. The van der Waals surface area contributed by atoms with Gasteiger partial charge in [-0.1, -0.05) is 11.3 Å². The zero-order valence-electron chi connectivity index (χ0n) is 15.5. The van der Waals surface area contributed by atoms with Crippen molar-refractivity contribution in [3.63, 3.8) is 0 Å². The van der Waals surface area contributed by atoms with Crippen LogP contribution in [-0.2, 0) is 26.0 Å². The van der Waals surface area contributed by atoms with Crippen LogP contribution in [0.5, 0.6) is 0 Å². The number of aromatic nitrogens is 1. The summed E-state index contributed by atoms with van der Waals surface area (Å²) in [4.78, 5) is 29.7. The molecule has 0 bridgehead atoms. The average Bonchev–Trinajstić information content (AvgIpc) is 3.15. The summed E-state index contributed by atoms with van der Waals surface area (Å²) in [5.74, 6) is -0.560. The number of halogens is 1. The van der Waals surface area contributed by atoms with Gasteiger partial charge < -0.3 is 10.2 Å². The number of sulfonamides is 1. The lowest BCUT2D eigenvalue weighted by molar-refractivity contribution is -0.117. The first-order valence-electron chi connectivity index (χ1n) is 8.40. The summed E-state index contributed by atoms with van der Waals surface area (Å²) in [6.45, 7) is 3.07. The molecule has 0 unspecified atom stereocenters. The molecule has 1 aromatic carbocycles. The van der Waals surface area contributed by atoms with Crippen molar-refractivity contribution in [1.29, 1.82) is 0 Å². The van der Waals surface area contributed by atoms with Crippen LogP contribution in [0.1, 0.15) is 19.4 Å². The van der Waals surface area contributed by atoms with Gasteiger partial charge in [-0.25, -0.2) is 13.4 Å². The van der Waals surface area contributed by atoms with Crippen molar-refractivity contribution >= 4 is 59.9 Å². The first-order valence-corrected chi connectivity index (χ1v) is 11.4. The van der Waals surface area contributed by atoms with Crippen LogP contribution in [0.15, 0.2) is 33.1 Å². The SMILES string of the molecule is CC(=O)N1c2ccc(S(=O)(=O)N(C)CC(=O)Nc3ncc(Br)s3)cc2C[C@@H]1C. The molecule has 0 radical (unpaired) electrons. The molecule has 0 fully saturated rings. The van der Waals surface area contributed by atoms with Gasteiger partial charge >= 0.3 is 0 Å². The quantitative estimate of drug-likeness (QED) is 0.699. The highest BCUT2D eigenvalue weighted by Crippen LogP contribution is 2.34. The highest BCUT2D eigenvalue weighted by Gasteiger charge is 2.31. The first-order chi connectivity index (χ1) is 13.1. The molecule has 1 aliphatic rings. The van der Waals surface area contributed by atoms with Crippen LogP contribution in [-0.4, -0.2) is 49.2 Å². The fraction of sp³-hybridized carbons (Fsp3) is 0.353. The summed E-state index contributed by atoms with van der Waals surface area (Å²) >= 11 is 4.49. The Labute approximate surface area is 175 Å². The van der Waals surface area contributed by atoms with Crippen molar-refractivity contribution < 1.29 is 18.0 Å². The first kappa shape index (κ1) is 20.9. The maximum atomic E-state index is 12.9. The topological polar surface area (TPSA) is 99.7 Å². The zero-order valence-corrected chi connectivity index (χ0v) is 18.7. The molecule has 2 heterocycles. The molecule has 2 aromatic rings. The molecule has 1 atom stereocenters. The third kappa shape index (κ3) is 4.12. The lowest BCUT2D eigenvalue weighted by Gasteiger charge is -2.21. The van der Waals surface area contributed by atoms with Crippen LogP contribution in [0.2, 0.25) is 0 Å². The van der Waals surface area contributed by atoms with Crippen LogP contribution < -0.4 is 10.2 Å². The summed E-state index contributed by atoms with van der Waals surface area (Å²) in [6.07, 6.45) is 2.14. The monoisotopic (exact) mass is 486 g/mol. The number of carbonyl (C=O) groups excluding carboxylic acids is 2. The number of likely N-dealkylation sites (N-methyl/N-ethyl adjacent to an activating group) is 1. The number of rotatable bonds is 5. The van der Waals surface area contributed by atoms with E-state index >= 15 is 0 Å². The third-order valence-electron chi connectivity index (χ3n) is 4.40. The summed E-state index contributed by atoms with van der Waals surface area (Å²) in [5.41, 5.74) is 1.53. The van der Waals surface area contributed by atoms with Crippen LogP contribution in [0.25, 0.3) is 0 Å². The Morgan fingerprint density at radius 2 is 2.14 bits per heavy atom. The van der Waals surface area contributed by atoms with Crippen molar-refractivity contribution in [3.8, 4) is 0 Å². The number of benzene rings is 1. The molecule has 28 heavy (non-hydrogen) atoms. The van der Waals surface area contributed by atoms with Crippen molar-refractivity contribution in [3.05, 3.63) is 33.7 Å². The number of thiazole rings is 1. The van der Waals surface area contributed by atoms with Crippen LogP contribution in [0.3, 0.4) is 0 Å². The summed E-state index contributed by atoms with van der Waals surface area (Å²) in [5, 5.41) is 2.96. The van der Waals surface area contributed by atoms with E-state index in [1.807, 2.05) is 6.92 Å². The van der Waals surface area contributed by atoms with Gasteiger partial charge in [-0.05, 0) is 53.0 Å². The number of hydrogen-bond acceptors (Lipinski definition) is 6. The molecular formula is C17H19BrN4O4S2. The molecular weight excluding hydrogens is 468 g/mol. The molecule has 11 heteroatoms. The second kappa shape index (κ2) is 7.90. The minimum atomic E-state index is -3.86. The molecule has 0 spiro atoms. The molecule has 0 saturated heterocycles. The molecule has 2 amide bonds. The standard InChI is InChI=1S/C17H19BrN4O4S2/c1-10-6-12-7-13(4-5-14(12)22(10)11(2)23)28(25,26)21(3)9-16(24)20-17-19-8-15(18)27-17/h4-5,7-8,10H,6,9H2,1-3H3,(H,19,20,24)/t10-/m0/s1. The largest absolute Gasteiger partial charge is 0.309 e. The highest BCUT2D eigenvalue weighted by molar-refractivity contribution is 9.11. The van der Waals surface area contributed by atoms with Gasteiger partial charge in [0.15, 0.2) is 5.13 Å². The molecule has 3 rings (SSSR count). The molecule has 1 aliphatic heterocycles. The lowest BCUT2D eigenvalue weighted by Crippen LogP contribution is -2.35. The highest BCUT2D eigenvalue weighted by atomic mass is 79.9. The van der Waals surface area contributed by atoms with Crippen molar-refractivity contribution in [1.82, 2.24) is 9.29 Å². The van der Waals surface area contributed by atoms with Gasteiger partial charge in [0.05, 0.1) is 21.4 Å². The molecule has 150 valence electrons. The molecule has 1 aromatic heterocycles. The lowest BCUT2D eigenvalue weighted by atomic mass is 10.1. The predicted octanol–water partition coefficient (Wildman–Crippen LogP) is 2.46. The number of nitrogens with zero attached hydrogens (tertiary/aromatic N) is 3. The molecule has 0 aliphatic carbocycles. The Morgan fingerprint density at radius 3 is 2.75 bits per heavy atom. The zero-order chi connectivity index (χ0) is 20.6. The van der Waals surface area contributed by atoms with E-state index < -0.39 is 15.9 Å². The van der Waals surface area contributed by atoms with Gasteiger partial charge in [-0.3, -0.25) is 9.59 Å². The smallest absolute Gasteiger partial charge is 0.243 e. The fourth-order valence-electron chi connectivity index (χ4n) is 3.19. The number of nitrogens with one attached hydrogen (secondary N) is 1. The maximum absolute atomic E-state index is 12.9. The van der Waals surface area contributed by atoms with E-state index in [4.69, 9.17) is 0 Å². The van der Waals surface area contributed by atoms with Crippen LogP contribution >= 0.6 is 27.3 Å². The fourth-order valence-corrected chi connectivity index (χ4v) is 5.49. The Balaban J connectivity index is 1.76. The van der Waals surface area contributed by atoms with Gasteiger partial charge in [0, 0.05) is 25.7 Å². The number of hydrogen-bond donors (Lipinski definition) is 1. The number of anilines is 2. The van der Waals surface area contributed by atoms with E-state index in [1.165, 1.54) is 31.4 Å². The van der Waals surface area contributed by atoms with Crippen molar-refractivity contribution in [2.24, 2.45) is 0 Å². The van der Waals surface area contributed by atoms with Gasteiger partial charge in [0.1, 0.15) is 0 Å². The van der Waals surface area contributed by atoms with E-state index in [0.717, 1.165) is 19.3 Å². The predicted molar refractivity (Wildman–Crippen MR) is 111 cm³/mol. The number of carbonyl (C=O) groups is 2. The van der Waals surface area contributed by atoms with E-state index in [9.17, 15) is 18.0 Å². The van der Waals surface area contributed by atoms with Crippen LogP contribution in [0, 0.1) is 0 Å². The Morgan fingerprint density at radius 1 is 1.43 bits per heavy atom. The van der Waals surface area contributed by atoms with Crippen molar-refractivity contribution in [2.45, 2.75) is 31.2 Å². The van der Waals surface area contributed by atoms with Gasteiger partial charge in [0.25, 0.3) is 0 Å². The van der Waals surface area contributed by atoms with Gasteiger partial charge in [-0.2, -0.15) is 4.31 Å². The normalized spacial score (nSPS) is 16.3. The minimum absolute atomic E-state index is 0.0217. The average molecular weight is 487 g/mol.